The molecule has 1 aliphatic heterocycles. The smallest absolute Gasteiger partial charge is 0.422 e. The number of carbonyl (C=O) groups is 1. The number of aryl methyl sites for hydroxylation is 3. The minimum absolute atomic E-state index is 0.134. The van der Waals surface area contributed by atoms with Crippen LogP contribution in [0.2, 0.25) is 0 Å². The van der Waals surface area contributed by atoms with Gasteiger partial charge in [-0.15, -0.1) is 10.2 Å². The predicted molar refractivity (Wildman–Crippen MR) is 168 cm³/mol. The summed E-state index contributed by atoms with van der Waals surface area (Å²) in [6, 6.07) is 25.8. The minimum Gasteiger partial charge on any atom is -0.444 e. The molecular formula is C34H35N7O4. The van der Waals surface area contributed by atoms with Gasteiger partial charge in [0.25, 0.3) is 0 Å². The SMILES string of the molecule is COCCc1ccc2c(c1)-n1c(CCc3c(C)noc3C)nnc1C(NNC(=O)OCc1ccccc1)N=C2c1ccccc1. The van der Waals surface area contributed by atoms with E-state index in [1.54, 1.807) is 7.11 Å². The summed E-state index contributed by atoms with van der Waals surface area (Å²) in [4.78, 5) is 17.9. The van der Waals surface area contributed by atoms with Crippen molar-refractivity contribution in [1.29, 1.82) is 0 Å². The molecule has 1 amide bonds. The highest BCUT2D eigenvalue weighted by molar-refractivity contribution is 6.15. The molecule has 11 heteroatoms. The van der Waals surface area contributed by atoms with Gasteiger partial charge in [-0.3, -0.25) is 15.0 Å². The quantitative estimate of drug-likeness (QED) is 0.199. The number of methoxy groups -OCH3 is 1. The number of benzene rings is 3. The van der Waals surface area contributed by atoms with Crippen LogP contribution in [0.5, 0.6) is 0 Å². The van der Waals surface area contributed by atoms with Crippen LogP contribution in [0.1, 0.15) is 57.1 Å². The van der Waals surface area contributed by atoms with Crippen molar-refractivity contribution in [2.75, 3.05) is 13.7 Å². The predicted octanol–water partition coefficient (Wildman–Crippen LogP) is 5.13. The highest BCUT2D eigenvalue weighted by Crippen LogP contribution is 2.31. The molecule has 5 aromatic rings. The zero-order valence-corrected chi connectivity index (χ0v) is 25.5. The van der Waals surface area contributed by atoms with Gasteiger partial charge in [-0.2, -0.15) is 0 Å². The zero-order chi connectivity index (χ0) is 31.2. The van der Waals surface area contributed by atoms with Gasteiger partial charge >= 0.3 is 6.09 Å². The summed E-state index contributed by atoms with van der Waals surface area (Å²) in [6.07, 6.45) is 0.580. The molecule has 230 valence electrons. The fraction of sp³-hybridized carbons (Fsp3) is 0.265. The maximum Gasteiger partial charge on any atom is 0.422 e. The molecule has 0 aliphatic carbocycles. The zero-order valence-electron chi connectivity index (χ0n) is 25.5. The molecule has 0 radical (unpaired) electrons. The second-order valence-electron chi connectivity index (χ2n) is 10.8. The Bertz CT molecular complexity index is 1780. The minimum atomic E-state index is -0.778. The first kappa shape index (κ1) is 29.9. The maximum atomic E-state index is 12.8. The number of ether oxygens (including phenoxy) is 2. The molecule has 1 aliphatic rings. The van der Waals surface area contributed by atoms with Crippen molar-refractivity contribution in [2.24, 2.45) is 4.99 Å². The first-order chi connectivity index (χ1) is 22.0. The molecule has 0 saturated heterocycles. The fourth-order valence-electron chi connectivity index (χ4n) is 5.43. The van der Waals surface area contributed by atoms with Crippen LogP contribution in [-0.2, 0) is 35.3 Å². The lowest BCUT2D eigenvalue weighted by atomic mass is 9.98. The molecule has 0 saturated carbocycles. The van der Waals surface area contributed by atoms with E-state index in [1.807, 2.05) is 79.1 Å². The van der Waals surface area contributed by atoms with Gasteiger partial charge in [-0.05, 0) is 43.9 Å². The first-order valence-electron chi connectivity index (χ1n) is 14.9. The van der Waals surface area contributed by atoms with Crippen molar-refractivity contribution in [3.63, 3.8) is 0 Å². The molecule has 11 nitrogen and oxygen atoms in total. The number of amides is 1. The molecule has 45 heavy (non-hydrogen) atoms. The third-order valence-electron chi connectivity index (χ3n) is 7.76. The van der Waals surface area contributed by atoms with Crippen molar-refractivity contribution in [3.05, 3.63) is 130 Å². The van der Waals surface area contributed by atoms with Crippen LogP contribution in [0.15, 0.2) is 88.4 Å². The van der Waals surface area contributed by atoms with E-state index in [2.05, 4.69) is 44.4 Å². The number of hydrazine groups is 1. The number of rotatable bonds is 11. The Labute approximate surface area is 261 Å². The molecule has 0 bridgehead atoms. The third-order valence-corrected chi connectivity index (χ3v) is 7.76. The Balaban J connectivity index is 1.38. The summed E-state index contributed by atoms with van der Waals surface area (Å²) in [5.41, 5.74) is 13.1. The van der Waals surface area contributed by atoms with Crippen molar-refractivity contribution in [2.45, 2.75) is 45.9 Å². The van der Waals surface area contributed by atoms with Gasteiger partial charge in [0.2, 0.25) is 0 Å². The van der Waals surface area contributed by atoms with Crippen molar-refractivity contribution >= 4 is 11.8 Å². The number of hydrogen-bond acceptors (Lipinski definition) is 9. The molecule has 6 rings (SSSR count). The average molecular weight is 606 g/mol. The fourth-order valence-corrected chi connectivity index (χ4v) is 5.43. The second-order valence-corrected chi connectivity index (χ2v) is 10.8. The van der Waals surface area contributed by atoms with Crippen molar-refractivity contribution < 1.29 is 18.8 Å². The van der Waals surface area contributed by atoms with Crippen LogP contribution >= 0.6 is 0 Å². The number of aromatic nitrogens is 4. The molecule has 2 aromatic heterocycles. The summed E-state index contributed by atoms with van der Waals surface area (Å²) >= 11 is 0. The van der Waals surface area contributed by atoms with E-state index >= 15 is 0 Å². The number of fused-ring (bicyclic) bond motifs is 3. The van der Waals surface area contributed by atoms with Gasteiger partial charge in [-0.25, -0.2) is 10.2 Å². The number of nitrogens with zero attached hydrogens (tertiary/aromatic N) is 5. The first-order valence-corrected chi connectivity index (χ1v) is 14.9. The summed E-state index contributed by atoms with van der Waals surface area (Å²) in [5.74, 6) is 2.07. The molecule has 2 N–H and O–H groups in total. The number of aliphatic imine (C=N–C) groups is 1. The Morgan fingerprint density at radius 1 is 0.933 bits per heavy atom. The number of hydrogen-bond donors (Lipinski definition) is 2. The van der Waals surface area contributed by atoms with Crippen LogP contribution < -0.4 is 10.9 Å². The van der Waals surface area contributed by atoms with Gasteiger partial charge in [0.05, 0.1) is 23.7 Å². The lowest BCUT2D eigenvalue weighted by molar-refractivity contribution is 0.132. The highest BCUT2D eigenvalue weighted by atomic mass is 16.6. The molecule has 0 spiro atoms. The topological polar surface area (TPSA) is 129 Å². The Kier molecular flexibility index (Phi) is 9.09. The lowest BCUT2D eigenvalue weighted by Gasteiger charge is -2.16. The number of carbonyl (C=O) groups excluding carboxylic acids is 1. The largest absolute Gasteiger partial charge is 0.444 e. The Morgan fingerprint density at radius 2 is 1.71 bits per heavy atom. The van der Waals surface area contributed by atoms with Gasteiger partial charge in [-0.1, -0.05) is 78.0 Å². The van der Waals surface area contributed by atoms with Crippen molar-refractivity contribution in [3.8, 4) is 5.69 Å². The molecular weight excluding hydrogens is 570 g/mol. The van der Waals surface area contributed by atoms with Crippen LogP contribution in [0.3, 0.4) is 0 Å². The van der Waals surface area contributed by atoms with E-state index in [-0.39, 0.29) is 6.61 Å². The van der Waals surface area contributed by atoms with Gasteiger partial charge in [0, 0.05) is 30.2 Å². The Morgan fingerprint density at radius 3 is 2.44 bits per heavy atom. The van der Waals surface area contributed by atoms with E-state index in [1.165, 1.54) is 0 Å². The standard InChI is InChI=1S/C34H35N7O4/c1-22-27(23(2)45-40-22)16-17-30-36-38-33-32(37-39-34(42)44-21-25-10-6-4-7-11-25)35-31(26-12-8-5-9-13-26)28-15-14-24(18-19-43-3)20-29(28)41(30)33/h4-15,20,32,37H,16-19,21H2,1-3H3,(H,39,42). The normalized spacial score (nSPS) is 13.8. The van der Waals surface area contributed by atoms with Crippen molar-refractivity contribution in [1.82, 2.24) is 30.8 Å². The van der Waals surface area contributed by atoms with Crippen LogP contribution in [0, 0.1) is 13.8 Å². The maximum absolute atomic E-state index is 12.8. The van der Waals surface area contributed by atoms with E-state index in [0.717, 1.165) is 62.9 Å². The summed E-state index contributed by atoms with van der Waals surface area (Å²) < 4.78 is 18.3. The molecule has 1 unspecified atom stereocenters. The summed E-state index contributed by atoms with van der Waals surface area (Å²) in [7, 11) is 1.70. The summed E-state index contributed by atoms with van der Waals surface area (Å²) in [5, 5.41) is 13.4. The molecule has 3 heterocycles. The molecule has 0 fully saturated rings. The average Bonchev–Trinajstić information content (AvgIpc) is 3.60. The second kappa shape index (κ2) is 13.7. The van der Waals surface area contributed by atoms with Crippen LogP contribution in [0.4, 0.5) is 4.79 Å². The van der Waals surface area contributed by atoms with E-state index in [4.69, 9.17) is 19.0 Å². The van der Waals surface area contributed by atoms with Gasteiger partial charge in [0.1, 0.15) is 18.2 Å². The van der Waals surface area contributed by atoms with Crippen LogP contribution in [-0.4, -0.2) is 45.4 Å². The highest BCUT2D eigenvalue weighted by Gasteiger charge is 2.30. The van der Waals surface area contributed by atoms with E-state index in [9.17, 15) is 4.79 Å². The van der Waals surface area contributed by atoms with Crippen LogP contribution in [0.25, 0.3) is 5.69 Å². The number of nitrogens with one attached hydrogen (secondary N) is 2. The summed E-state index contributed by atoms with van der Waals surface area (Å²) in [6.45, 7) is 4.58. The monoisotopic (exact) mass is 605 g/mol. The third kappa shape index (κ3) is 6.69. The lowest BCUT2D eigenvalue weighted by Crippen LogP contribution is -2.40. The van der Waals surface area contributed by atoms with E-state index < -0.39 is 12.3 Å². The molecule has 3 aromatic carbocycles. The Hall–Kier alpha value is -5.13. The van der Waals surface area contributed by atoms with E-state index in [0.29, 0.717) is 25.3 Å². The van der Waals surface area contributed by atoms with Gasteiger partial charge in [0.15, 0.2) is 12.0 Å². The van der Waals surface area contributed by atoms with Gasteiger partial charge < -0.3 is 14.0 Å². The molecule has 1 atom stereocenters.